The fourth-order valence-corrected chi connectivity index (χ4v) is 6.52. The highest BCUT2D eigenvalue weighted by molar-refractivity contribution is 5.19. The van der Waals surface area contributed by atoms with Gasteiger partial charge in [-0.1, -0.05) is 173 Å². The average Bonchev–Trinajstić information content (AvgIpc) is 3.41. The van der Waals surface area contributed by atoms with Gasteiger partial charge in [-0.15, -0.1) is 0 Å². The molecule has 0 aromatic carbocycles. The first-order valence-corrected chi connectivity index (χ1v) is 17.6. The summed E-state index contributed by atoms with van der Waals surface area (Å²) in [6.07, 6.45) is 48.2. The molecule has 1 heterocycles. The molecule has 0 saturated carbocycles. The van der Waals surface area contributed by atoms with Crippen LogP contribution < -0.4 is 0 Å². The second kappa shape index (κ2) is 22.4. The Bertz CT molecular complexity index is 744. The van der Waals surface area contributed by atoms with E-state index in [1.807, 2.05) is 6.20 Å². The summed E-state index contributed by atoms with van der Waals surface area (Å²) in [6, 6.07) is 0.554. The summed E-state index contributed by atoms with van der Waals surface area (Å²) in [4.78, 5) is 4.89. The van der Waals surface area contributed by atoms with Crippen LogP contribution in [0.5, 0.6) is 0 Å². The van der Waals surface area contributed by atoms with Crippen LogP contribution in [0.3, 0.4) is 0 Å². The van der Waals surface area contributed by atoms with Gasteiger partial charge in [0.25, 0.3) is 0 Å². The van der Waals surface area contributed by atoms with E-state index in [0.29, 0.717) is 6.04 Å². The van der Waals surface area contributed by atoms with Gasteiger partial charge in [-0.2, -0.15) is 0 Å². The molecular weight excluding hydrogens is 472 g/mol. The number of hydrogen-bond donors (Lipinski definition) is 0. The Morgan fingerprint density at radius 1 is 0.692 bits per heavy atom. The Kier molecular flexibility index (Phi) is 19.5. The molecule has 2 nitrogen and oxygen atoms in total. The van der Waals surface area contributed by atoms with E-state index >= 15 is 0 Å². The van der Waals surface area contributed by atoms with Crippen molar-refractivity contribution in [3.05, 3.63) is 42.5 Å². The van der Waals surface area contributed by atoms with Crippen molar-refractivity contribution < 1.29 is 0 Å². The minimum Gasteiger partial charge on any atom is -0.332 e. The van der Waals surface area contributed by atoms with E-state index in [1.54, 1.807) is 0 Å². The van der Waals surface area contributed by atoms with Crippen LogP contribution in [0, 0.1) is 5.41 Å². The molecule has 1 aromatic heterocycles. The molecule has 224 valence electrons. The van der Waals surface area contributed by atoms with E-state index in [2.05, 4.69) is 55.8 Å². The molecular formula is C37H66N2. The molecule has 0 bridgehead atoms. The van der Waals surface area contributed by atoms with Crippen molar-refractivity contribution in [3.8, 4) is 0 Å². The number of unbranched alkanes of at least 4 members (excludes halogenated alkanes) is 19. The lowest BCUT2D eigenvalue weighted by molar-refractivity contribution is 0.315. The van der Waals surface area contributed by atoms with Gasteiger partial charge in [-0.05, 0) is 31.6 Å². The third kappa shape index (κ3) is 15.3. The summed E-state index contributed by atoms with van der Waals surface area (Å²) in [5.41, 5.74) is 0.258. The fraction of sp³-hybridized carbons (Fsp3) is 0.811. The Labute approximate surface area is 244 Å². The quantitative estimate of drug-likeness (QED) is 0.107. The first kappa shape index (κ1) is 33.9. The molecule has 0 N–H and O–H groups in total. The van der Waals surface area contributed by atoms with Crippen molar-refractivity contribution in [3.63, 3.8) is 0 Å². The summed E-state index contributed by atoms with van der Waals surface area (Å²) < 4.78 is 2.50. The van der Waals surface area contributed by atoms with Gasteiger partial charge in [0.05, 0.1) is 0 Å². The Hall–Kier alpha value is -1.31. The molecule has 39 heavy (non-hydrogen) atoms. The van der Waals surface area contributed by atoms with Crippen molar-refractivity contribution >= 4 is 0 Å². The smallest absolute Gasteiger partial charge is 0.109 e. The number of nitrogens with zero attached hydrogens (tertiary/aromatic N) is 2. The molecule has 1 aliphatic carbocycles. The van der Waals surface area contributed by atoms with Crippen molar-refractivity contribution in [1.82, 2.24) is 9.55 Å². The Morgan fingerprint density at radius 2 is 1.21 bits per heavy atom. The van der Waals surface area contributed by atoms with Crippen molar-refractivity contribution in [2.75, 3.05) is 0 Å². The standard InChI is InChI=1S/C37H66N2/c1-4-6-8-10-12-14-16-17-19-21-24-28-35(3)39-33-32-38-36(39)34-37(30-26-23-27-31-37)29-25-22-20-18-15-13-11-9-7-5-2/h23,26-27,30,32-33,35H,4-22,24-25,28-29,31,34H2,1-3H3. The largest absolute Gasteiger partial charge is 0.332 e. The van der Waals surface area contributed by atoms with Crippen LogP contribution in [-0.2, 0) is 6.42 Å². The summed E-state index contributed by atoms with van der Waals surface area (Å²) in [7, 11) is 0. The van der Waals surface area contributed by atoms with Crippen LogP contribution >= 0.6 is 0 Å². The van der Waals surface area contributed by atoms with Gasteiger partial charge in [-0.25, -0.2) is 4.98 Å². The third-order valence-corrected chi connectivity index (χ3v) is 9.21. The molecule has 0 fully saturated rings. The zero-order valence-electron chi connectivity index (χ0n) is 26.6. The zero-order chi connectivity index (χ0) is 27.9. The highest BCUT2D eigenvalue weighted by Crippen LogP contribution is 2.38. The second-order valence-electron chi connectivity index (χ2n) is 12.9. The van der Waals surface area contributed by atoms with E-state index in [0.717, 1.165) is 6.42 Å². The van der Waals surface area contributed by atoms with Gasteiger partial charge in [0.15, 0.2) is 0 Å². The fourth-order valence-electron chi connectivity index (χ4n) is 6.52. The van der Waals surface area contributed by atoms with E-state index in [1.165, 1.54) is 160 Å². The van der Waals surface area contributed by atoms with Crippen LogP contribution in [0.2, 0.25) is 0 Å². The maximum absolute atomic E-state index is 4.89. The van der Waals surface area contributed by atoms with E-state index in [4.69, 9.17) is 4.98 Å². The van der Waals surface area contributed by atoms with Gasteiger partial charge in [0, 0.05) is 24.9 Å². The predicted molar refractivity (Wildman–Crippen MR) is 174 cm³/mol. The topological polar surface area (TPSA) is 17.8 Å². The van der Waals surface area contributed by atoms with Crippen LogP contribution in [0.25, 0.3) is 0 Å². The maximum Gasteiger partial charge on any atom is 0.109 e. The molecule has 0 spiro atoms. The van der Waals surface area contributed by atoms with Gasteiger partial charge >= 0.3 is 0 Å². The summed E-state index contributed by atoms with van der Waals surface area (Å²) in [6.45, 7) is 7.02. The molecule has 0 aliphatic heterocycles. The number of aromatic nitrogens is 2. The molecule has 0 amide bonds. The maximum atomic E-state index is 4.89. The minimum atomic E-state index is 0.258. The molecule has 2 heteroatoms. The number of imidazole rings is 1. The number of hydrogen-bond acceptors (Lipinski definition) is 1. The number of rotatable bonds is 26. The molecule has 0 radical (unpaired) electrons. The Balaban J connectivity index is 1.66. The highest BCUT2D eigenvalue weighted by Gasteiger charge is 2.29. The van der Waals surface area contributed by atoms with Crippen LogP contribution in [0.15, 0.2) is 36.7 Å². The third-order valence-electron chi connectivity index (χ3n) is 9.21. The van der Waals surface area contributed by atoms with Crippen LogP contribution in [0.4, 0.5) is 0 Å². The Morgan fingerprint density at radius 3 is 1.72 bits per heavy atom. The van der Waals surface area contributed by atoms with Gasteiger partial charge in [-0.3, -0.25) is 0 Å². The van der Waals surface area contributed by atoms with E-state index < -0.39 is 0 Å². The van der Waals surface area contributed by atoms with Gasteiger partial charge < -0.3 is 4.57 Å². The average molecular weight is 539 g/mol. The normalized spacial score (nSPS) is 17.7. The summed E-state index contributed by atoms with van der Waals surface area (Å²) in [5.74, 6) is 1.30. The van der Waals surface area contributed by atoms with Crippen LogP contribution in [0.1, 0.15) is 187 Å². The molecule has 2 unspecified atom stereocenters. The molecule has 0 saturated heterocycles. The SMILES string of the molecule is CCCCCCCCCCCCCC(C)n1ccnc1CC1(CCCCCCCCCCCC)C=CC=CC1. The number of allylic oxidation sites excluding steroid dienone is 4. The lowest BCUT2D eigenvalue weighted by Crippen LogP contribution is -2.25. The van der Waals surface area contributed by atoms with Crippen LogP contribution in [-0.4, -0.2) is 9.55 Å². The first-order chi connectivity index (χ1) is 19.2. The van der Waals surface area contributed by atoms with E-state index in [-0.39, 0.29) is 5.41 Å². The van der Waals surface area contributed by atoms with Crippen molar-refractivity contribution in [1.29, 1.82) is 0 Å². The minimum absolute atomic E-state index is 0.258. The molecule has 1 aromatic rings. The van der Waals surface area contributed by atoms with E-state index in [9.17, 15) is 0 Å². The summed E-state index contributed by atoms with van der Waals surface area (Å²) in [5, 5.41) is 0. The second-order valence-corrected chi connectivity index (χ2v) is 12.9. The van der Waals surface area contributed by atoms with Gasteiger partial charge in [0.1, 0.15) is 5.82 Å². The van der Waals surface area contributed by atoms with Crippen molar-refractivity contribution in [2.45, 2.75) is 187 Å². The van der Waals surface area contributed by atoms with Crippen molar-refractivity contribution in [2.24, 2.45) is 5.41 Å². The predicted octanol–water partition coefficient (Wildman–Crippen LogP) is 12.5. The molecule has 2 atom stereocenters. The summed E-state index contributed by atoms with van der Waals surface area (Å²) >= 11 is 0. The molecule has 2 rings (SSSR count). The highest BCUT2D eigenvalue weighted by atomic mass is 15.1. The van der Waals surface area contributed by atoms with Gasteiger partial charge in [0.2, 0.25) is 0 Å². The first-order valence-electron chi connectivity index (χ1n) is 17.6. The molecule has 1 aliphatic rings. The zero-order valence-corrected chi connectivity index (χ0v) is 26.6. The lowest BCUT2D eigenvalue weighted by Gasteiger charge is -2.32. The lowest BCUT2D eigenvalue weighted by atomic mass is 9.74. The monoisotopic (exact) mass is 539 g/mol.